The Morgan fingerprint density at radius 2 is 2.00 bits per heavy atom. The van der Waals surface area contributed by atoms with Crippen molar-refractivity contribution < 1.29 is 4.79 Å². The fraction of sp³-hybridized carbons (Fsp3) is 0.267. The zero-order valence-corrected chi connectivity index (χ0v) is 12.2. The van der Waals surface area contributed by atoms with Crippen molar-refractivity contribution in [2.45, 2.75) is 6.42 Å². The minimum absolute atomic E-state index is 0.105. The van der Waals surface area contributed by atoms with Gasteiger partial charge in [0.1, 0.15) is 12.1 Å². The zero-order valence-electron chi connectivity index (χ0n) is 11.4. The summed E-state index contributed by atoms with van der Waals surface area (Å²) in [7, 11) is 0. The first-order valence-electron chi connectivity index (χ1n) is 6.82. The van der Waals surface area contributed by atoms with Crippen molar-refractivity contribution in [2.75, 3.05) is 25.0 Å². The lowest BCUT2D eigenvalue weighted by Crippen LogP contribution is -2.44. The van der Waals surface area contributed by atoms with Crippen LogP contribution < -0.4 is 5.32 Å². The number of nitrogens with one attached hydrogen (secondary N) is 1. The van der Waals surface area contributed by atoms with Crippen molar-refractivity contribution in [1.82, 2.24) is 14.9 Å². The number of carbonyl (C=O) groups excluding carboxylic acids is 1. The van der Waals surface area contributed by atoms with Gasteiger partial charge in [0.15, 0.2) is 0 Å². The van der Waals surface area contributed by atoms with Gasteiger partial charge in [-0.15, -0.1) is 0 Å². The van der Waals surface area contributed by atoms with E-state index < -0.39 is 0 Å². The average Bonchev–Trinajstić information content (AvgIpc) is 2.44. The minimum atomic E-state index is 0.105. The second kappa shape index (κ2) is 6.10. The van der Waals surface area contributed by atoms with E-state index in [0.717, 1.165) is 30.8 Å². The first kappa shape index (κ1) is 13.8. The number of likely N-dealkylation sites (tertiary alicyclic amines) is 1. The topological polar surface area (TPSA) is 58.1 Å². The Labute approximate surface area is 128 Å². The van der Waals surface area contributed by atoms with Crippen LogP contribution in [-0.4, -0.2) is 40.4 Å². The van der Waals surface area contributed by atoms with Crippen molar-refractivity contribution in [3.8, 4) is 11.3 Å². The van der Waals surface area contributed by atoms with Crippen molar-refractivity contribution in [2.24, 2.45) is 0 Å². The largest absolute Gasteiger partial charge is 0.361 e. The van der Waals surface area contributed by atoms with E-state index in [1.807, 2.05) is 35.2 Å². The van der Waals surface area contributed by atoms with Gasteiger partial charge in [-0.25, -0.2) is 9.97 Å². The molecule has 21 heavy (non-hydrogen) atoms. The molecule has 0 aliphatic carbocycles. The third-order valence-corrected chi connectivity index (χ3v) is 3.69. The lowest BCUT2D eigenvalue weighted by Gasteiger charge is -2.30. The number of amides is 1. The van der Waals surface area contributed by atoms with E-state index in [9.17, 15) is 4.79 Å². The molecule has 108 valence electrons. The van der Waals surface area contributed by atoms with E-state index in [0.29, 0.717) is 10.8 Å². The lowest BCUT2D eigenvalue weighted by molar-refractivity contribution is -0.132. The highest BCUT2D eigenvalue weighted by Gasteiger charge is 2.19. The molecule has 6 heteroatoms. The van der Waals surface area contributed by atoms with Crippen molar-refractivity contribution in [3.63, 3.8) is 0 Å². The Morgan fingerprint density at radius 1 is 1.24 bits per heavy atom. The molecular weight excluding hydrogens is 288 g/mol. The standard InChI is InChI=1S/C15H15ClN4O/c16-12-4-2-11(3-5-12)13-8-14(19-10-18-13)17-9-15(21)20-6-1-7-20/h2-5,8,10H,1,6-7,9H2,(H,17,18,19). The van der Waals surface area contributed by atoms with Gasteiger partial charge in [-0.2, -0.15) is 0 Å². The Hall–Kier alpha value is -2.14. The van der Waals surface area contributed by atoms with Gasteiger partial charge in [-0.05, 0) is 18.6 Å². The van der Waals surface area contributed by atoms with E-state index in [-0.39, 0.29) is 12.5 Å². The summed E-state index contributed by atoms with van der Waals surface area (Å²) < 4.78 is 0. The number of rotatable bonds is 4. The van der Waals surface area contributed by atoms with Crippen LogP contribution in [0.15, 0.2) is 36.7 Å². The monoisotopic (exact) mass is 302 g/mol. The third kappa shape index (κ3) is 3.31. The van der Waals surface area contributed by atoms with Crippen molar-refractivity contribution in [1.29, 1.82) is 0 Å². The molecule has 5 nitrogen and oxygen atoms in total. The van der Waals surface area contributed by atoms with Gasteiger partial charge in [-0.1, -0.05) is 23.7 Å². The maximum absolute atomic E-state index is 11.8. The Kier molecular flexibility index (Phi) is 4.01. The summed E-state index contributed by atoms with van der Waals surface area (Å²) in [6.07, 6.45) is 2.58. The summed E-state index contributed by atoms with van der Waals surface area (Å²) in [5.41, 5.74) is 1.75. The van der Waals surface area contributed by atoms with E-state index in [1.165, 1.54) is 6.33 Å². The molecule has 1 amide bonds. The molecule has 1 fully saturated rings. The van der Waals surface area contributed by atoms with Gasteiger partial charge in [0.2, 0.25) is 5.91 Å². The summed E-state index contributed by atoms with van der Waals surface area (Å²) in [6, 6.07) is 9.27. The van der Waals surface area contributed by atoms with Gasteiger partial charge < -0.3 is 10.2 Å². The molecule has 1 N–H and O–H groups in total. The average molecular weight is 303 g/mol. The van der Waals surface area contributed by atoms with E-state index in [2.05, 4.69) is 15.3 Å². The van der Waals surface area contributed by atoms with Gasteiger partial charge in [0, 0.05) is 29.7 Å². The fourth-order valence-corrected chi connectivity index (χ4v) is 2.20. The van der Waals surface area contributed by atoms with Crippen LogP contribution in [0.4, 0.5) is 5.82 Å². The molecule has 0 unspecified atom stereocenters. The summed E-state index contributed by atoms with van der Waals surface area (Å²) in [5, 5.41) is 3.73. The summed E-state index contributed by atoms with van der Waals surface area (Å²) >= 11 is 5.88. The number of hydrogen-bond donors (Lipinski definition) is 1. The maximum Gasteiger partial charge on any atom is 0.241 e. The molecule has 1 aliphatic heterocycles. The highest BCUT2D eigenvalue weighted by molar-refractivity contribution is 6.30. The SMILES string of the molecule is O=C(CNc1cc(-c2ccc(Cl)cc2)ncn1)N1CCC1. The second-order valence-electron chi connectivity index (χ2n) is 4.88. The van der Waals surface area contributed by atoms with E-state index in [4.69, 9.17) is 11.6 Å². The van der Waals surface area contributed by atoms with Gasteiger partial charge >= 0.3 is 0 Å². The van der Waals surface area contributed by atoms with Gasteiger partial charge in [0.05, 0.1) is 12.2 Å². The fourth-order valence-electron chi connectivity index (χ4n) is 2.08. The van der Waals surface area contributed by atoms with Crippen LogP contribution in [0, 0.1) is 0 Å². The van der Waals surface area contributed by atoms with E-state index in [1.54, 1.807) is 0 Å². The number of carbonyl (C=O) groups is 1. The highest BCUT2D eigenvalue weighted by Crippen LogP contribution is 2.20. The smallest absolute Gasteiger partial charge is 0.241 e. The summed E-state index contributed by atoms with van der Waals surface area (Å²) in [5.74, 6) is 0.747. The molecular formula is C15H15ClN4O. The zero-order chi connectivity index (χ0) is 14.7. The number of benzene rings is 1. The molecule has 0 bridgehead atoms. The number of nitrogens with zero attached hydrogens (tertiary/aromatic N) is 3. The molecule has 2 aromatic rings. The maximum atomic E-state index is 11.8. The summed E-state index contributed by atoms with van der Waals surface area (Å²) in [4.78, 5) is 22.0. The van der Waals surface area contributed by atoms with Crippen LogP contribution in [0.5, 0.6) is 0 Å². The molecule has 1 aromatic carbocycles. The molecule has 1 aliphatic rings. The summed E-state index contributed by atoms with van der Waals surface area (Å²) in [6.45, 7) is 1.98. The Bertz CT molecular complexity index is 640. The molecule has 0 saturated carbocycles. The quantitative estimate of drug-likeness (QED) is 0.942. The van der Waals surface area contributed by atoms with Crippen LogP contribution in [-0.2, 0) is 4.79 Å². The van der Waals surface area contributed by atoms with Crippen LogP contribution >= 0.6 is 11.6 Å². The first-order chi connectivity index (χ1) is 10.2. The molecule has 1 saturated heterocycles. The van der Waals surface area contributed by atoms with Crippen LogP contribution in [0.1, 0.15) is 6.42 Å². The number of aromatic nitrogens is 2. The first-order valence-corrected chi connectivity index (χ1v) is 7.20. The molecule has 2 heterocycles. The molecule has 0 spiro atoms. The second-order valence-corrected chi connectivity index (χ2v) is 5.32. The van der Waals surface area contributed by atoms with Gasteiger partial charge in [-0.3, -0.25) is 4.79 Å². The third-order valence-electron chi connectivity index (χ3n) is 3.44. The van der Waals surface area contributed by atoms with Gasteiger partial charge in [0.25, 0.3) is 0 Å². The predicted octanol–water partition coefficient (Wildman–Crippen LogP) is 2.44. The lowest BCUT2D eigenvalue weighted by atomic mass is 10.1. The number of halogens is 1. The van der Waals surface area contributed by atoms with Crippen LogP contribution in [0.2, 0.25) is 5.02 Å². The Morgan fingerprint density at radius 3 is 2.67 bits per heavy atom. The van der Waals surface area contributed by atoms with Crippen LogP contribution in [0.25, 0.3) is 11.3 Å². The van der Waals surface area contributed by atoms with Crippen molar-refractivity contribution in [3.05, 3.63) is 41.7 Å². The number of hydrogen-bond acceptors (Lipinski definition) is 4. The number of anilines is 1. The normalized spacial score (nSPS) is 13.7. The van der Waals surface area contributed by atoms with E-state index >= 15 is 0 Å². The Balaban J connectivity index is 1.68. The molecule has 0 atom stereocenters. The predicted molar refractivity (Wildman–Crippen MR) is 82.2 cm³/mol. The molecule has 1 aromatic heterocycles. The van der Waals surface area contributed by atoms with Crippen LogP contribution in [0.3, 0.4) is 0 Å². The molecule has 3 rings (SSSR count). The minimum Gasteiger partial charge on any atom is -0.361 e. The molecule has 0 radical (unpaired) electrons. The highest BCUT2D eigenvalue weighted by atomic mass is 35.5. The van der Waals surface area contributed by atoms with Crippen molar-refractivity contribution >= 4 is 23.3 Å².